The van der Waals surface area contributed by atoms with Crippen LogP contribution in [0.3, 0.4) is 0 Å². The summed E-state index contributed by atoms with van der Waals surface area (Å²) in [4.78, 5) is 2.03. The van der Waals surface area contributed by atoms with Crippen LogP contribution in [0.4, 0.5) is 4.39 Å². The Morgan fingerprint density at radius 2 is 2.29 bits per heavy atom. The number of benzene rings is 1. The second-order valence-corrected chi connectivity index (χ2v) is 4.73. The molecule has 1 heterocycles. The van der Waals surface area contributed by atoms with Gasteiger partial charge in [0.05, 0.1) is 17.1 Å². The molecule has 1 atom stereocenters. The minimum absolute atomic E-state index is 0.0952. The fourth-order valence-corrected chi connectivity index (χ4v) is 2.41. The zero-order chi connectivity index (χ0) is 12.3. The normalized spacial score (nSPS) is 21.1. The van der Waals surface area contributed by atoms with E-state index >= 15 is 0 Å². The molecule has 0 aliphatic carbocycles. The van der Waals surface area contributed by atoms with Gasteiger partial charge in [0.25, 0.3) is 0 Å². The molecule has 1 aromatic carbocycles. The van der Waals surface area contributed by atoms with E-state index < -0.39 is 0 Å². The molecule has 0 radical (unpaired) electrons. The van der Waals surface area contributed by atoms with Crippen molar-refractivity contribution >= 4 is 11.6 Å². The summed E-state index contributed by atoms with van der Waals surface area (Å²) in [6, 6.07) is 7.19. The van der Waals surface area contributed by atoms with Gasteiger partial charge in [-0.25, -0.2) is 4.39 Å². The molecule has 90 valence electrons. The molecule has 1 aliphatic rings. The number of likely N-dealkylation sites (tertiary alicyclic amines) is 1. The summed E-state index contributed by atoms with van der Waals surface area (Å²) >= 11 is 5.74. The first kappa shape index (κ1) is 12.3. The quantitative estimate of drug-likeness (QED) is 0.807. The molecule has 17 heavy (non-hydrogen) atoms. The highest BCUT2D eigenvalue weighted by Gasteiger charge is 2.23. The van der Waals surface area contributed by atoms with E-state index in [9.17, 15) is 4.39 Å². The van der Waals surface area contributed by atoms with Gasteiger partial charge in [0, 0.05) is 12.1 Å². The van der Waals surface area contributed by atoms with Gasteiger partial charge in [-0.1, -0.05) is 23.7 Å². The Morgan fingerprint density at radius 3 is 3.06 bits per heavy atom. The molecule has 0 N–H and O–H groups in total. The van der Waals surface area contributed by atoms with Gasteiger partial charge >= 0.3 is 0 Å². The zero-order valence-electron chi connectivity index (χ0n) is 9.50. The standard InChI is InChI=1S/C13H14ClFN2/c14-12-6-3-4-10(13(12)15)9-17-7-2-1-5-11(17)8-16/h3-4,6,11H,1-2,5,7,9H2. The van der Waals surface area contributed by atoms with Crippen LogP contribution in [-0.2, 0) is 6.54 Å². The number of rotatable bonds is 2. The lowest BCUT2D eigenvalue weighted by Crippen LogP contribution is -2.38. The van der Waals surface area contributed by atoms with Crippen LogP contribution in [0.2, 0.25) is 5.02 Å². The van der Waals surface area contributed by atoms with Crippen molar-refractivity contribution in [3.8, 4) is 6.07 Å². The minimum atomic E-state index is -0.364. The van der Waals surface area contributed by atoms with E-state index in [1.807, 2.05) is 4.90 Å². The molecule has 1 aromatic rings. The lowest BCUT2D eigenvalue weighted by atomic mass is 10.0. The molecule has 0 saturated carbocycles. The lowest BCUT2D eigenvalue weighted by Gasteiger charge is -2.31. The van der Waals surface area contributed by atoms with Crippen molar-refractivity contribution in [2.45, 2.75) is 31.8 Å². The van der Waals surface area contributed by atoms with E-state index in [4.69, 9.17) is 16.9 Å². The first-order valence-electron chi connectivity index (χ1n) is 5.79. The van der Waals surface area contributed by atoms with Gasteiger partial charge in [-0.3, -0.25) is 4.90 Å². The van der Waals surface area contributed by atoms with Crippen molar-refractivity contribution in [1.29, 1.82) is 5.26 Å². The molecule has 1 aliphatic heterocycles. The topological polar surface area (TPSA) is 27.0 Å². The monoisotopic (exact) mass is 252 g/mol. The number of nitriles is 1. The van der Waals surface area contributed by atoms with Gasteiger partial charge < -0.3 is 0 Å². The van der Waals surface area contributed by atoms with Crippen LogP contribution in [0.15, 0.2) is 18.2 Å². The van der Waals surface area contributed by atoms with Crippen molar-refractivity contribution in [2.75, 3.05) is 6.54 Å². The molecule has 2 rings (SSSR count). The predicted molar refractivity (Wildman–Crippen MR) is 65.1 cm³/mol. The Bertz CT molecular complexity index is 442. The number of hydrogen-bond acceptors (Lipinski definition) is 2. The van der Waals surface area contributed by atoms with Gasteiger partial charge in [-0.15, -0.1) is 0 Å². The lowest BCUT2D eigenvalue weighted by molar-refractivity contribution is 0.174. The maximum atomic E-state index is 13.7. The van der Waals surface area contributed by atoms with E-state index in [0.29, 0.717) is 12.1 Å². The van der Waals surface area contributed by atoms with Gasteiger partial charge in [0.15, 0.2) is 0 Å². The average Bonchev–Trinajstić information content (AvgIpc) is 2.35. The summed E-state index contributed by atoms with van der Waals surface area (Å²) in [7, 11) is 0. The minimum Gasteiger partial charge on any atom is -0.284 e. The van der Waals surface area contributed by atoms with E-state index in [2.05, 4.69) is 6.07 Å². The maximum Gasteiger partial charge on any atom is 0.146 e. The first-order chi connectivity index (χ1) is 8.22. The summed E-state index contributed by atoms with van der Waals surface area (Å²) in [6.07, 6.45) is 3.02. The number of piperidine rings is 1. The molecule has 1 saturated heterocycles. The molecule has 0 bridgehead atoms. The maximum absolute atomic E-state index is 13.7. The SMILES string of the molecule is N#CC1CCCCN1Cc1cccc(Cl)c1F. The predicted octanol–water partition coefficient (Wildman–Crippen LogP) is 3.36. The summed E-state index contributed by atoms with van der Waals surface area (Å²) < 4.78 is 13.7. The highest BCUT2D eigenvalue weighted by molar-refractivity contribution is 6.30. The van der Waals surface area contributed by atoms with Crippen LogP contribution in [0.1, 0.15) is 24.8 Å². The molecule has 0 amide bonds. The smallest absolute Gasteiger partial charge is 0.146 e. The molecule has 0 spiro atoms. The molecule has 4 heteroatoms. The molecular weight excluding hydrogens is 239 g/mol. The van der Waals surface area contributed by atoms with Crippen molar-refractivity contribution in [3.63, 3.8) is 0 Å². The summed E-state index contributed by atoms with van der Waals surface area (Å²) in [5.74, 6) is -0.364. The van der Waals surface area contributed by atoms with Crippen molar-refractivity contribution in [1.82, 2.24) is 4.90 Å². The van der Waals surface area contributed by atoms with E-state index in [1.165, 1.54) is 0 Å². The third kappa shape index (κ3) is 2.77. The molecule has 1 unspecified atom stereocenters. The Labute approximate surface area is 106 Å². The van der Waals surface area contributed by atoms with Crippen LogP contribution in [0, 0.1) is 17.1 Å². The van der Waals surface area contributed by atoms with Gasteiger partial charge in [0.2, 0.25) is 0 Å². The third-order valence-corrected chi connectivity index (χ3v) is 3.46. The summed E-state index contributed by atoms with van der Waals surface area (Å²) in [5.41, 5.74) is 0.569. The van der Waals surface area contributed by atoms with E-state index in [0.717, 1.165) is 25.8 Å². The van der Waals surface area contributed by atoms with Crippen LogP contribution >= 0.6 is 11.6 Å². The van der Waals surface area contributed by atoms with E-state index in [-0.39, 0.29) is 16.9 Å². The fourth-order valence-electron chi connectivity index (χ4n) is 2.22. The summed E-state index contributed by atoms with van der Waals surface area (Å²) in [5, 5.41) is 9.20. The van der Waals surface area contributed by atoms with Crippen LogP contribution in [-0.4, -0.2) is 17.5 Å². The number of hydrogen-bond donors (Lipinski definition) is 0. The Morgan fingerprint density at radius 1 is 1.47 bits per heavy atom. The summed E-state index contributed by atoms with van der Waals surface area (Å²) in [6.45, 7) is 1.31. The average molecular weight is 253 g/mol. The highest BCUT2D eigenvalue weighted by atomic mass is 35.5. The van der Waals surface area contributed by atoms with Crippen LogP contribution in [0.25, 0.3) is 0 Å². The first-order valence-corrected chi connectivity index (χ1v) is 6.16. The van der Waals surface area contributed by atoms with Crippen LogP contribution < -0.4 is 0 Å². The highest BCUT2D eigenvalue weighted by Crippen LogP contribution is 2.23. The molecular formula is C13H14ClFN2. The Hall–Kier alpha value is -1.11. The second kappa shape index (κ2) is 5.48. The number of nitrogens with zero attached hydrogens (tertiary/aromatic N) is 2. The zero-order valence-corrected chi connectivity index (χ0v) is 10.3. The number of halogens is 2. The van der Waals surface area contributed by atoms with Gasteiger partial charge in [-0.05, 0) is 31.9 Å². The molecule has 1 fully saturated rings. The van der Waals surface area contributed by atoms with Crippen molar-refractivity contribution in [2.24, 2.45) is 0 Å². The van der Waals surface area contributed by atoms with Gasteiger partial charge in [-0.2, -0.15) is 5.26 Å². The third-order valence-electron chi connectivity index (χ3n) is 3.17. The van der Waals surface area contributed by atoms with Gasteiger partial charge in [0.1, 0.15) is 5.82 Å². The Balaban J connectivity index is 2.14. The fraction of sp³-hybridized carbons (Fsp3) is 0.462. The molecule has 2 nitrogen and oxygen atoms in total. The van der Waals surface area contributed by atoms with Crippen molar-refractivity contribution in [3.05, 3.63) is 34.6 Å². The van der Waals surface area contributed by atoms with Crippen LogP contribution in [0.5, 0.6) is 0 Å². The van der Waals surface area contributed by atoms with Crippen molar-refractivity contribution < 1.29 is 4.39 Å². The van der Waals surface area contributed by atoms with E-state index in [1.54, 1.807) is 18.2 Å². The second-order valence-electron chi connectivity index (χ2n) is 4.32. The Kier molecular flexibility index (Phi) is 3.98. The molecule has 0 aromatic heterocycles. The largest absolute Gasteiger partial charge is 0.284 e.